The van der Waals surface area contributed by atoms with Gasteiger partial charge in [-0.1, -0.05) is 30.3 Å². The minimum atomic E-state index is -1.03. The first kappa shape index (κ1) is 23.9. The summed E-state index contributed by atoms with van der Waals surface area (Å²) < 4.78 is 4.99. The first-order valence-electron chi connectivity index (χ1n) is 11.3. The highest BCUT2D eigenvalue weighted by atomic mass is 16.5. The second kappa shape index (κ2) is 11.2. The van der Waals surface area contributed by atoms with E-state index in [0.717, 1.165) is 11.1 Å². The second-order valence-electron chi connectivity index (χ2n) is 8.20. The van der Waals surface area contributed by atoms with Gasteiger partial charge in [0.25, 0.3) is 0 Å². The van der Waals surface area contributed by atoms with E-state index in [0.29, 0.717) is 37.8 Å². The number of hydrogen-bond donors (Lipinski definition) is 3. The van der Waals surface area contributed by atoms with Crippen LogP contribution >= 0.6 is 0 Å². The number of amides is 3. The van der Waals surface area contributed by atoms with E-state index in [2.05, 4.69) is 30.6 Å². The topological polar surface area (TPSA) is 142 Å². The molecule has 1 aromatic carbocycles. The van der Waals surface area contributed by atoms with Gasteiger partial charge in [0, 0.05) is 54.5 Å². The zero-order valence-corrected chi connectivity index (χ0v) is 19.3. The smallest absolute Gasteiger partial charge is 0.404 e. The van der Waals surface area contributed by atoms with Crippen LogP contribution < -0.4 is 20.3 Å². The third-order valence-electron chi connectivity index (χ3n) is 5.89. The molecule has 11 heteroatoms. The fraction of sp³-hybridized carbons (Fsp3) is 0.333. The maximum absolute atomic E-state index is 13.3. The molecule has 11 nitrogen and oxygen atoms in total. The number of nitrogens with one attached hydrogen (secondary N) is 2. The molecule has 35 heavy (non-hydrogen) atoms. The van der Waals surface area contributed by atoms with Crippen molar-refractivity contribution in [3.8, 4) is 17.1 Å². The molecule has 0 spiro atoms. The van der Waals surface area contributed by atoms with Crippen LogP contribution in [-0.4, -0.2) is 56.4 Å². The summed E-state index contributed by atoms with van der Waals surface area (Å²) in [6, 6.07) is 9.31. The average Bonchev–Trinajstić information content (AvgIpc) is 2.89. The number of carbonyl (C=O) groups is 2. The molecular weight excluding hydrogens is 450 g/mol. The Bertz CT molecular complexity index is 1120. The third-order valence-corrected chi connectivity index (χ3v) is 5.89. The first-order chi connectivity index (χ1) is 17.0. The van der Waals surface area contributed by atoms with Crippen molar-refractivity contribution in [3.05, 3.63) is 60.7 Å². The van der Waals surface area contributed by atoms with Crippen molar-refractivity contribution in [1.82, 2.24) is 30.6 Å². The van der Waals surface area contributed by atoms with E-state index in [1.54, 1.807) is 29.7 Å². The zero-order valence-electron chi connectivity index (χ0n) is 19.3. The van der Waals surface area contributed by atoms with Crippen molar-refractivity contribution in [2.24, 2.45) is 0 Å². The Balaban J connectivity index is 1.52. The lowest BCUT2D eigenvalue weighted by atomic mass is 9.90. The maximum Gasteiger partial charge on any atom is 0.404 e. The van der Waals surface area contributed by atoms with E-state index in [1.165, 1.54) is 7.11 Å². The average molecular weight is 478 g/mol. The summed E-state index contributed by atoms with van der Waals surface area (Å²) in [6.45, 7) is 0.368. The van der Waals surface area contributed by atoms with Crippen LogP contribution in [0.25, 0.3) is 11.1 Å². The lowest BCUT2D eigenvalue weighted by molar-refractivity contribution is 0.184. The second-order valence-corrected chi connectivity index (χ2v) is 8.20. The van der Waals surface area contributed by atoms with Gasteiger partial charge in [0.15, 0.2) is 0 Å². The van der Waals surface area contributed by atoms with Crippen molar-refractivity contribution in [2.45, 2.75) is 44.3 Å². The Hall–Kier alpha value is -4.28. The zero-order chi connectivity index (χ0) is 24.6. The maximum atomic E-state index is 13.3. The van der Waals surface area contributed by atoms with Crippen molar-refractivity contribution in [2.75, 3.05) is 12.0 Å². The van der Waals surface area contributed by atoms with Crippen molar-refractivity contribution in [1.29, 1.82) is 0 Å². The number of carbonyl (C=O) groups excluding carboxylic acids is 1. The van der Waals surface area contributed by atoms with Gasteiger partial charge in [-0.25, -0.2) is 29.5 Å². The fourth-order valence-corrected chi connectivity index (χ4v) is 4.10. The molecule has 2 heterocycles. The SMILES string of the molecule is COc1ncc(-c2cnc(N(C(=O)NCc3ccccc3)[C@H]3CC[C@H](NC(=O)O)CC3)nc2)cn1. The van der Waals surface area contributed by atoms with Crippen LogP contribution in [0.15, 0.2) is 55.1 Å². The van der Waals surface area contributed by atoms with Gasteiger partial charge in [-0.2, -0.15) is 0 Å². The summed E-state index contributed by atoms with van der Waals surface area (Å²) >= 11 is 0. The van der Waals surface area contributed by atoms with Crippen LogP contribution in [0.3, 0.4) is 0 Å². The van der Waals surface area contributed by atoms with Gasteiger partial charge in [-0.15, -0.1) is 0 Å². The molecule has 3 aromatic rings. The van der Waals surface area contributed by atoms with E-state index >= 15 is 0 Å². The molecule has 0 atom stereocenters. The van der Waals surface area contributed by atoms with Crippen LogP contribution in [0.2, 0.25) is 0 Å². The van der Waals surface area contributed by atoms with Gasteiger partial charge in [0.05, 0.1) is 7.11 Å². The quantitative estimate of drug-likeness (QED) is 0.471. The predicted molar refractivity (Wildman–Crippen MR) is 128 cm³/mol. The number of anilines is 1. The summed E-state index contributed by atoms with van der Waals surface area (Å²) in [5.74, 6) is 0.281. The minimum absolute atomic E-state index is 0.128. The standard InChI is InChI=1S/C24H27N7O4/c1-35-22-27-14-18(15-28-22)17-12-25-21(26-13-17)31(20-9-7-19(8-10-20)30-24(33)34)23(32)29-11-16-5-3-2-4-6-16/h2-6,12-15,19-20,30H,7-11H2,1H3,(H,29,32)(H,33,34)/t19-,20-. The highest BCUT2D eigenvalue weighted by Crippen LogP contribution is 2.27. The molecule has 4 rings (SSSR count). The van der Waals surface area contributed by atoms with Crippen molar-refractivity contribution >= 4 is 18.1 Å². The molecule has 0 radical (unpaired) electrons. The molecular formula is C24H27N7O4. The number of ether oxygens (including phenoxy) is 1. The number of nitrogens with zero attached hydrogens (tertiary/aromatic N) is 5. The van der Waals surface area contributed by atoms with E-state index in [4.69, 9.17) is 9.84 Å². The molecule has 0 aliphatic heterocycles. The van der Waals surface area contributed by atoms with E-state index in [9.17, 15) is 9.59 Å². The number of methoxy groups -OCH3 is 1. The summed E-state index contributed by atoms with van der Waals surface area (Å²) in [4.78, 5) is 43.0. The summed E-state index contributed by atoms with van der Waals surface area (Å²) in [7, 11) is 1.50. The Morgan fingerprint density at radius 3 is 2.14 bits per heavy atom. The van der Waals surface area contributed by atoms with Crippen LogP contribution in [0.1, 0.15) is 31.2 Å². The molecule has 1 aliphatic carbocycles. The van der Waals surface area contributed by atoms with Crippen LogP contribution in [0.4, 0.5) is 15.5 Å². The number of rotatable bonds is 7. The molecule has 2 aromatic heterocycles. The van der Waals surface area contributed by atoms with Gasteiger partial charge in [0.1, 0.15) is 0 Å². The molecule has 3 amide bonds. The number of carboxylic acid groups (broad SMARTS) is 1. The first-order valence-corrected chi connectivity index (χ1v) is 11.3. The number of hydrogen-bond acceptors (Lipinski definition) is 7. The van der Waals surface area contributed by atoms with E-state index in [-0.39, 0.29) is 30.1 Å². The molecule has 0 saturated heterocycles. The molecule has 0 unspecified atom stereocenters. The lowest BCUT2D eigenvalue weighted by Crippen LogP contribution is -2.50. The van der Waals surface area contributed by atoms with Crippen LogP contribution in [0.5, 0.6) is 6.01 Å². The Kier molecular flexibility index (Phi) is 7.66. The monoisotopic (exact) mass is 477 g/mol. The summed E-state index contributed by atoms with van der Waals surface area (Å²) in [6.07, 6.45) is 7.96. The van der Waals surface area contributed by atoms with Gasteiger partial charge >= 0.3 is 18.1 Å². The molecule has 1 aliphatic rings. The molecule has 1 saturated carbocycles. The predicted octanol–water partition coefficient (Wildman–Crippen LogP) is 3.24. The van der Waals surface area contributed by atoms with Gasteiger partial charge in [-0.05, 0) is 31.2 Å². The number of aromatic nitrogens is 4. The van der Waals surface area contributed by atoms with E-state index in [1.807, 2.05) is 30.3 Å². The Morgan fingerprint density at radius 1 is 0.971 bits per heavy atom. The highest BCUT2D eigenvalue weighted by molar-refractivity contribution is 5.90. The minimum Gasteiger partial charge on any atom is -0.467 e. The van der Waals surface area contributed by atoms with Gasteiger partial charge in [-0.3, -0.25) is 4.90 Å². The number of benzene rings is 1. The Labute approximate surface area is 202 Å². The summed E-state index contributed by atoms with van der Waals surface area (Å²) in [5, 5.41) is 14.5. The van der Waals surface area contributed by atoms with Gasteiger partial charge in [0.2, 0.25) is 5.95 Å². The van der Waals surface area contributed by atoms with Crippen LogP contribution in [-0.2, 0) is 6.54 Å². The lowest BCUT2D eigenvalue weighted by Gasteiger charge is -2.35. The van der Waals surface area contributed by atoms with E-state index < -0.39 is 6.09 Å². The third kappa shape index (κ3) is 6.19. The van der Waals surface area contributed by atoms with Crippen molar-refractivity contribution in [3.63, 3.8) is 0 Å². The number of urea groups is 1. The molecule has 3 N–H and O–H groups in total. The molecule has 182 valence electrons. The Morgan fingerprint density at radius 2 is 1.57 bits per heavy atom. The molecule has 1 fully saturated rings. The normalized spacial score (nSPS) is 17.3. The van der Waals surface area contributed by atoms with Crippen molar-refractivity contribution < 1.29 is 19.4 Å². The summed E-state index contributed by atoms with van der Waals surface area (Å²) in [5.41, 5.74) is 2.40. The fourth-order valence-electron chi connectivity index (χ4n) is 4.10. The van der Waals surface area contributed by atoms with Crippen LogP contribution in [0, 0.1) is 0 Å². The molecule has 0 bridgehead atoms. The highest BCUT2D eigenvalue weighted by Gasteiger charge is 2.32. The largest absolute Gasteiger partial charge is 0.467 e. The van der Waals surface area contributed by atoms with Gasteiger partial charge < -0.3 is 20.5 Å².